The Hall–Kier alpha value is -2.02. The van der Waals surface area contributed by atoms with Crippen molar-refractivity contribution in [3.8, 4) is 11.4 Å². The van der Waals surface area contributed by atoms with Crippen LogP contribution in [0.25, 0.3) is 11.4 Å². The van der Waals surface area contributed by atoms with Crippen molar-refractivity contribution in [1.82, 2.24) is 3.55 Å². The Morgan fingerprint density at radius 2 is 1.72 bits per heavy atom. The highest BCUT2D eigenvalue weighted by atomic mass is 27.2. The van der Waals surface area contributed by atoms with Crippen LogP contribution in [-0.4, -0.2) is 25.2 Å². The van der Waals surface area contributed by atoms with Crippen LogP contribution in [0.4, 0.5) is 5.69 Å². The summed E-state index contributed by atoms with van der Waals surface area (Å²) in [4.78, 5) is 0. The first-order valence-electron chi connectivity index (χ1n) is 12.0. The van der Waals surface area contributed by atoms with Gasteiger partial charge in [-0.1, -0.05) is 85.2 Å². The van der Waals surface area contributed by atoms with Crippen molar-refractivity contribution in [2.45, 2.75) is 78.7 Å². The van der Waals surface area contributed by atoms with E-state index in [1.54, 1.807) is 4.43 Å². The van der Waals surface area contributed by atoms with E-state index in [1.165, 1.54) is 39.3 Å². The minimum atomic E-state index is -1.74. The zero-order valence-electron chi connectivity index (χ0n) is 21.2. The second kappa shape index (κ2) is 6.99. The number of rotatable bonds is 2. The molecule has 4 heteroatoms. The van der Waals surface area contributed by atoms with Crippen molar-refractivity contribution in [1.29, 1.82) is 0 Å². The van der Waals surface area contributed by atoms with Crippen LogP contribution in [0.3, 0.4) is 0 Å². The molecule has 0 atom stereocenters. The molecule has 0 saturated carbocycles. The summed E-state index contributed by atoms with van der Waals surface area (Å²) in [6.07, 6.45) is 4.66. The van der Waals surface area contributed by atoms with Gasteiger partial charge in [-0.3, -0.25) is 0 Å². The van der Waals surface area contributed by atoms with Gasteiger partial charge in [-0.2, -0.15) is 0 Å². The molecule has 0 unspecified atom stereocenters. The summed E-state index contributed by atoms with van der Waals surface area (Å²) in [5, 5.41) is 0. The van der Waals surface area contributed by atoms with Crippen molar-refractivity contribution in [2.75, 3.05) is 10.9 Å². The molecule has 0 aliphatic carbocycles. The van der Waals surface area contributed by atoms with Crippen LogP contribution in [0.1, 0.15) is 83.6 Å². The summed E-state index contributed by atoms with van der Waals surface area (Å²) in [6.45, 7) is 19.9. The zero-order valence-corrected chi connectivity index (χ0v) is 22.4. The van der Waals surface area contributed by atoms with E-state index < -0.39 is 14.6 Å². The molecule has 3 aromatic rings. The van der Waals surface area contributed by atoms with E-state index in [0.717, 1.165) is 6.54 Å². The second-order valence-corrected chi connectivity index (χ2v) is 14.8. The molecule has 0 spiro atoms. The number of benzene rings is 2. The molecule has 32 heavy (non-hydrogen) atoms. The van der Waals surface area contributed by atoms with Crippen molar-refractivity contribution >= 4 is 24.7 Å². The summed E-state index contributed by atoms with van der Waals surface area (Å²) in [7, 11) is 2.34. The minimum Gasteiger partial charge on any atom is -0.422 e. The van der Waals surface area contributed by atoms with Crippen LogP contribution in [0.15, 0.2) is 42.7 Å². The van der Waals surface area contributed by atoms with Crippen molar-refractivity contribution in [3.05, 3.63) is 65.0 Å². The molecule has 3 nitrogen and oxygen atoms in total. The smallest absolute Gasteiger partial charge is 0.422 e. The van der Waals surface area contributed by atoms with E-state index in [1.807, 2.05) is 0 Å². The molecule has 5 rings (SSSR count). The predicted octanol–water partition coefficient (Wildman–Crippen LogP) is 5.22. The van der Waals surface area contributed by atoms with Crippen LogP contribution < -0.4 is 12.9 Å². The van der Waals surface area contributed by atoms with Gasteiger partial charge in [0.2, 0.25) is 0 Å². The zero-order chi connectivity index (χ0) is 23.2. The lowest BCUT2D eigenvalue weighted by atomic mass is 9.78. The van der Waals surface area contributed by atoms with E-state index in [-0.39, 0.29) is 10.8 Å². The van der Waals surface area contributed by atoms with Gasteiger partial charge < -0.3 is 7.43 Å². The second-order valence-electron chi connectivity index (χ2n) is 12.1. The largest absolute Gasteiger partial charge is 0.789 e. The lowest BCUT2D eigenvalue weighted by molar-refractivity contribution is -0.670. The predicted molar refractivity (Wildman–Crippen MR) is 136 cm³/mol. The number of anilines is 1. The van der Waals surface area contributed by atoms with Gasteiger partial charge in [-0.25, -0.2) is 4.57 Å². The highest BCUT2D eigenvalue weighted by molar-refractivity contribution is 6.77. The summed E-state index contributed by atoms with van der Waals surface area (Å²) in [5.41, 5.74) is 9.04. The van der Waals surface area contributed by atoms with Gasteiger partial charge >= 0.3 is 14.6 Å². The Morgan fingerprint density at radius 3 is 2.34 bits per heavy atom. The Balaban J connectivity index is 1.84. The molecule has 166 valence electrons. The van der Waals surface area contributed by atoms with Gasteiger partial charge in [0.1, 0.15) is 12.7 Å². The average molecular weight is 443 g/mol. The molecule has 0 N–H and O–H groups in total. The third kappa shape index (κ3) is 3.11. The van der Waals surface area contributed by atoms with Crippen molar-refractivity contribution < 1.29 is 4.57 Å². The number of nitrogens with zero attached hydrogens (tertiary/aromatic N) is 3. The number of imidazole rings is 1. The third-order valence-electron chi connectivity index (χ3n) is 7.39. The van der Waals surface area contributed by atoms with E-state index >= 15 is 0 Å². The maximum absolute atomic E-state index is 2.66. The van der Waals surface area contributed by atoms with Gasteiger partial charge in [0.15, 0.2) is 0 Å². The lowest BCUT2D eigenvalue weighted by Crippen LogP contribution is -2.58. The molecule has 0 fully saturated rings. The minimum absolute atomic E-state index is 0.0830. The van der Waals surface area contributed by atoms with Crippen molar-refractivity contribution in [2.24, 2.45) is 0 Å². The molecule has 0 amide bonds. The first kappa shape index (κ1) is 21.8. The topological polar surface area (TPSA) is 12.1 Å². The molecule has 0 radical (unpaired) electrons. The Bertz CT molecular complexity index is 1220. The number of hydrogen-bond donors (Lipinski definition) is 0. The number of hydrogen-bond acceptors (Lipinski definition) is 1. The van der Waals surface area contributed by atoms with Crippen molar-refractivity contribution in [3.63, 3.8) is 0 Å². The highest BCUT2D eigenvalue weighted by Crippen LogP contribution is 2.41. The van der Waals surface area contributed by atoms with E-state index in [4.69, 9.17) is 0 Å². The van der Waals surface area contributed by atoms with Crippen LogP contribution in [0.2, 0.25) is 0 Å². The molecule has 0 saturated heterocycles. The molecule has 0 bridgehead atoms. The molecule has 2 aliphatic rings. The summed E-state index contributed by atoms with van der Waals surface area (Å²) >= 11 is -1.74. The first-order chi connectivity index (χ1) is 14.9. The van der Waals surface area contributed by atoms with Gasteiger partial charge in [-0.15, -0.1) is 0 Å². The molecule has 1 aromatic heterocycles. The maximum Gasteiger partial charge on any atom is 0.789 e. The van der Waals surface area contributed by atoms with Crippen LogP contribution in [0.5, 0.6) is 0 Å². The first-order valence-corrected chi connectivity index (χ1v) is 13.6. The summed E-state index contributed by atoms with van der Waals surface area (Å²) in [5.74, 6) is 1.90. The van der Waals surface area contributed by atoms with E-state index in [2.05, 4.69) is 117 Å². The quantitative estimate of drug-likeness (QED) is 0.306. The summed E-state index contributed by atoms with van der Waals surface area (Å²) < 4.78 is 9.38. The molecular weight excluding hydrogens is 405 g/mol. The molecule has 2 aromatic carbocycles. The van der Waals surface area contributed by atoms with Crippen LogP contribution in [0, 0.1) is 0 Å². The molecule has 3 heterocycles. The number of aromatic nitrogens is 2. The van der Waals surface area contributed by atoms with Crippen LogP contribution in [-0.2, 0) is 17.4 Å². The average Bonchev–Trinajstić information content (AvgIpc) is 3.26. The summed E-state index contributed by atoms with van der Waals surface area (Å²) in [6, 6.07) is 11.9. The molecular formula is C28H37AlN3+. The SMILES string of the molecule is CC(C)c1cc(C(C)(C)C)cc(C(C)(C)C)[c]1[Al]1[N](C)c2cccc3c2-c2[n]1cc[n+]2C3. The van der Waals surface area contributed by atoms with Gasteiger partial charge in [0, 0.05) is 11.3 Å². The van der Waals surface area contributed by atoms with E-state index in [9.17, 15) is 0 Å². The van der Waals surface area contributed by atoms with Gasteiger partial charge in [0.05, 0.1) is 11.8 Å². The highest BCUT2D eigenvalue weighted by Gasteiger charge is 2.53. The Kier molecular flexibility index (Phi) is 4.76. The van der Waals surface area contributed by atoms with Gasteiger partial charge in [0.25, 0.3) is 5.82 Å². The van der Waals surface area contributed by atoms with Crippen LogP contribution >= 0.6 is 0 Å². The third-order valence-corrected chi connectivity index (χ3v) is 10.5. The monoisotopic (exact) mass is 442 g/mol. The fourth-order valence-electron chi connectivity index (χ4n) is 5.64. The van der Waals surface area contributed by atoms with E-state index in [0.29, 0.717) is 5.92 Å². The fourth-order valence-corrected chi connectivity index (χ4v) is 9.42. The fraction of sp³-hybridized carbons (Fsp3) is 0.464. The maximum atomic E-state index is 2.66. The lowest BCUT2D eigenvalue weighted by Gasteiger charge is -2.35. The standard InChI is InChI=1S/C17H27.C11H10N3.Al/c1-12(2)13-9-14(16(3,4)5)11-15(10-13)17(6,7)8;1-12-9-4-2-3-8-7-14-6-5-13-11(14)10(8)9;/h9,11-12H,1-8H3;2-6H,7H2,1H3;/q;-1;+2. The van der Waals surface area contributed by atoms with Gasteiger partial charge in [-0.05, 0) is 45.4 Å². The molecule has 2 aliphatic heterocycles. The Labute approximate surface area is 198 Å². The normalized spacial score (nSPS) is 15.1. The Morgan fingerprint density at radius 1 is 1.00 bits per heavy atom.